The summed E-state index contributed by atoms with van der Waals surface area (Å²) >= 11 is 9.97. The summed E-state index contributed by atoms with van der Waals surface area (Å²) < 4.78 is 5.20. The van der Waals surface area contributed by atoms with Gasteiger partial charge >= 0.3 is 0 Å². The smallest absolute Gasteiger partial charge is 0.118 e. The van der Waals surface area contributed by atoms with Gasteiger partial charge in [0.15, 0.2) is 0 Å². The molecule has 21 heavy (non-hydrogen) atoms. The molecule has 0 saturated carbocycles. The van der Waals surface area contributed by atoms with E-state index in [1.165, 1.54) is 16.7 Å². The lowest BCUT2D eigenvalue weighted by atomic mass is 9.94. The minimum Gasteiger partial charge on any atom is -0.497 e. The standard InChI is InChI=1S/C18H20BrClO/c1-13-3-6-16(18(20)9-13)11-15(12-19)10-14-4-7-17(21-2)8-5-14/h3-9,15H,10-12H2,1-2H3. The third-order valence-corrected chi connectivity index (χ3v) is 4.89. The highest BCUT2D eigenvalue weighted by atomic mass is 79.9. The SMILES string of the molecule is COc1ccc(CC(CBr)Cc2ccc(C)cc2Cl)cc1. The van der Waals surface area contributed by atoms with Crippen molar-refractivity contribution in [1.82, 2.24) is 0 Å². The maximum atomic E-state index is 6.34. The summed E-state index contributed by atoms with van der Waals surface area (Å²) in [6.45, 7) is 2.06. The van der Waals surface area contributed by atoms with E-state index in [0.717, 1.165) is 28.9 Å². The molecule has 3 heteroatoms. The molecule has 0 saturated heterocycles. The van der Waals surface area contributed by atoms with Gasteiger partial charge in [0.05, 0.1) is 7.11 Å². The molecule has 112 valence electrons. The molecule has 1 atom stereocenters. The Labute approximate surface area is 140 Å². The largest absolute Gasteiger partial charge is 0.497 e. The van der Waals surface area contributed by atoms with Gasteiger partial charge in [-0.25, -0.2) is 0 Å². The van der Waals surface area contributed by atoms with Gasteiger partial charge in [-0.3, -0.25) is 0 Å². The molecule has 0 fully saturated rings. The van der Waals surface area contributed by atoms with E-state index in [-0.39, 0.29) is 0 Å². The maximum absolute atomic E-state index is 6.34. The van der Waals surface area contributed by atoms with Crippen molar-refractivity contribution in [2.24, 2.45) is 5.92 Å². The monoisotopic (exact) mass is 366 g/mol. The van der Waals surface area contributed by atoms with E-state index < -0.39 is 0 Å². The van der Waals surface area contributed by atoms with Crippen molar-refractivity contribution in [3.8, 4) is 5.75 Å². The molecule has 0 N–H and O–H groups in total. The zero-order valence-corrected chi connectivity index (χ0v) is 14.7. The van der Waals surface area contributed by atoms with E-state index >= 15 is 0 Å². The molecule has 2 aromatic rings. The molecule has 0 aliphatic heterocycles. The van der Waals surface area contributed by atoms with Gasteiger partial charge in [0, 0.05) is 10.4 Å². The Balaban J connectivity index is 2.05. The zero-order valence-electron chi connectivity index (χ0n) is 12.4. The first kappa shape index (κ1) is 16.4. The van der Waals surface area contributed by atoms with Crippen LogP contribution in [-0.2, 0) is 12.8 Å². The van der Waals surface area contributed by atoms with E-state index in [4.69, 9.17) is 16.3 Å². The number of methoxy groups -OCH3 is 1. The number of ether oxygens (including phenoxy) is 1. The minimum absolute atomic E-state index is 0.526. The average molecular weight is 368 g/mol. The first-order valence-electron chi connectivity index (χ1n) is 7.06. The number of hydrogen-bond acceptors (Lipinski definition) is 1. The Kier molecular flexibility index (Phi) is 6.13. The van der Waals surface area contributed by atoms with Gasteiger partial charge in [-0.05, 0) is 60.6 Å². The molecule has 1 unspecified atom stereocenters. The summed E-state index contributed by atoms with van der Waals surface area (Å²) in [7, 11) is 1.69. The van der Waals surface area contributed by atoms with Crippen LogP contribution in [-0.4, -0.2) is 12.4 Å². The molecule has 2 aromatic carbocycles. The van der Waals surface area contributed by atoms with E-state index in [9.17, 15) is 0 Å². The van der Waals surface area contributed by atoms with Gasteiger partial charge in [0.2, 0.25) is 0 Å². The number of hydrogen-bond donors (Lipinski definition) is 0. The fourth-order valence-electron chi connectivity index (χ4n) is 2.41. The van der Waals surface area contributed by atoms with Crippen molar-refractivity contribution in [3.63, 3.8) is 0 Å². The van der Waals surface area contributed by atoms with Crippen LogP contribution in [0.2, 0.25) is 5.02 Å². The number of alkyl halides is 1. The zero-order chi connectivity index (χ0) is 15.2. The Bertz CT molecular complexity index is 580. The Hall–Kier alpha value is -0.990. The molecule has 0 amide bonds. The minimum atomic E-state index is 0.526. The van der Waals surface area contributed by atoms with E-state index in [1.54, 1.807) is 7.11 Å². The first-order valence-corrected chi connectivity index (χ1v) is 8.56. The Morgan fingerprint density at radius 1 is 1.10 bits per heavy atom. The molecule has 0 bridgehead atoms. The van der Waals surface area contributed by atoms with Crippen LogP contribution in [0.25, 0.3) is 0 Å². The Morgan fingerprint density at radius 2 is 1.81 bits per heavy atom. The summed E-state index contributed by atoms with van der Waals surface area (Å²) in [5.74, 6) is 1.43. The van der Waals surface area contributed by atoms with Gasteiger partial charge in [-0.2, -0.15) is 0 Å². The van der Waals surface area contributed by atoms with Crippen LogP contribution in [0.15, 0.2) is 42.5 Å². The quantitative estimate of drug-likeness (QED) is 0.617. The van der Waals surface area contributed by atoms with Crippen molar-refractivity contribution < 1.29 is 4.74 Å². The van der Waals surface area contributed by atoms with Crippen LogP contribution in [0.3, 0.4) is 0 Å². The maximum Gasteiger partial charge on any atom is 0.118 e. The number of benzene rings is 2. The molecular formula is C18H20BrClO. The summed E-state index contributed by atoms with van der Waals surface area (Å²) in [5, 5.41) is 1.83. The van der Waals surface area contributed by atoms with Crippen LogP contribution in [0, 0.1) is 12.8 Å². The summed E-state index contributed by atoms with van der Waals surface area (Å²) in [6.07, 6.45) is 2.01. The van der Waals surface area contributed by atoms with Gasteiger partial charge in [0.25, 0.3) is 0 Å². The van der Waals surface area contributed by atoms with Crippen molar-refractivity contribution in [1.29, 1.82) is 0 Å². The highest BCUT2D eigenvalue weighted by molar-refractivity contribution is 9.09. The van der Waals surface area contributed by atoms with Crippen LogP contribution in [0.4, 0.5) is 0 Å². The topological polar surface area (TPSA) is 9.23 Å². The van der Waals surface area contributed by atoms with Crippen LogP contribution < -0.4 is 4.74 Å². The molecule has 1 nitrogen and oxygen atoms in total. The Morgan fingerprint density at radius 3 is 2.38 bits per heavy atom. The molecule has 0 aliphatic rings. The summed E-state index contributed by atoms with van der Waals surface area (Å²) in [5.41, 5.74) is 3.75. The number of halogens is 2. The number of aryl methyl sites for hydroxylation is 1. The van der Waals surface area contributed by atoms with Crippen LogP contribution >= 0.6 is 27.5 Å². The first-order chi connectivity index (χ1) is 10.1. The van der Waals surface area contributed by atoms with Gasteiger partial charge in [0.1, 0.15) is 5.75 Å². The van der Waals surface area contributed by atoms with Crippen molar-refractivity contribution in [3.05, 3.63) is 64.2 Å². The van der Waals surface area contributed by atoms with Gasteiger partial charge in [-0.1, -0.05) is 51.8 Å². The second kappa shape index (κ2) is 7.86. The summed E-state index contributed by atoms with van der Waals surface area (Å²) in [4.78, 5) is 0. The van der Waals surface area contributed by atoms with E-state index in [0.29, 0.717) is 5.92 Å². The molecule has 0 radical (unpaired) electrons. The molecule has 0 aliphatic carbocycles. The fraction of sp³-hybridized carbons (Fsp3) is 0.333. The number of rotatable bonds is 6. The third-order valence-electron chi connectivity index (χ3n) is 3.62. The highest BCUT2D eigenvalue weighted by Gasteiger charge is 2.12. The average Bonchev–Trinajstić information content (AvgIpc) is 2.49. The lowest BCUT2D eigenvalue weighted by Crippen LogP contribution is -2.10. The van der Waals surface area contributed by atoms with Crippen molar-refractivity contribution >= 4 is 27.5 Å². The highest BCUT2D eigenvalue weighted by Crippen LogP contribution is 2.24. The van der Waals surface area contributed by atoms with Crippen molar-refractivity contribution in [2.45, 2.75) is 19.8 Å². The second-order valence-corrected chi connectivity index (χ2v) is 6.43. The van der Waals surface area contributed by atoms with Crippen molar-refractivity contribution in [2.75, 3.05) is 12.4 Å². The normalized spacial score (nSPS) is 12.2. The lowest BCUT2D eigenvalue weighted by molar-refractivity contribution is 0.414. The van der Waals surface area contributed by atoms with Crippen LogP contribution in [0.1, 0.15) is 16.7 Å². The molecule has 0 spiro atoms. The molecule has 0 aromatic heterocycles. The van der Waals surface area contributed by atoms with E-state index in [1.807, 2.05) is 18.2 Å². The second-order valence-electron chi connectivity index (χ2n) is 5.37. The summed E-state index contributed by atoms with van der Waals surface area (Å²) in [6, 6.07) is 14.6. The predicted octanol–water partition coefficient (Wildman–Crippen LogP) is 5.45. The molecule has 0 heterocycles. The predicted molar refractivity (Wildman–Crippen MR) is 93.9 cm³/mol. The van der Waals surface area contributed by atoms with Crippen LogP contribution in [0.5, 0.6) is 5.75 Å². The fourth-order valence-corrected chi connectivity index (χ4v) is 3.18. The molecular weight excluding hydrogens is 348 g/mol. The lowest BCUT2D eigenvalue weighted by Gasteiger charge is -2.16. The molecule has 2 rings (SSSR count). The third kappa shape index (κ3) is 4.76. The van der Waals surface area contributed by atoms with Gasteiger partial charge in [-0.15, -0.1) is 0 Å². The van der Waals surface area contributed by atoms with E-state index in [2.05, 4.69) is 47.1 Å². The van der Waals surface area contributed by atoms with Gasteiger partial charge < -0.3 is 4.74 Å².